The van der Waals surface area contributed by atoms with E-state index in [1.807, 2.05) is 12.2 Å². The molecule has 0 aromatic heterocycles. The first-order valence-electron chi connectivity index (χ1n) is 10.6. The lowest BCUT2D eigenvalue weighted by molar-refractivity contribution is 0.534. The maximum absolute atomic E-state index is 3.96. The van der Waals surface area contributed by atoms with Crippen LogP contribution in [0, 0.1) is 0 Å². The van der Waals surface area contributed by atoms with Crippen LogP contribution in [0.2, 0.25) is 0 Å². The van der Waals surface area contributed by atoms with Crippen LogP contribution in [0.25, 0.3) is 23.3 Å². The molecule has 0 saturated heterocycles. The molecule has 0 aliphatic rings. The molecule has 0 heterocycles. The fraction of sp³-hybridized carbons (Fsp3) is 0.385. The fourth-order valence-corrected chi connectivity index (χ4v) is 3.21. The Labute approximate surface area is 171 Å². The molecule has 0 saturated carbocycles. The summed E-state index contributed by atoms with van der Waals surface area (Å²) >= 11 is 0. The van der Waals surface area contributed by atoms with Gasteiger partial charge in [-0.2, -0.15) is 0 Å². The van der Waals surface area contributed by atoms with Crippen molar-refractivity contribution >= 4 is 12.2 Å². The van der Waals surface area contributed by atoms with Gasteiger partial charge in [-0.25, -0.2) is 0 Å². The SMILES string of the molecule is C=Cc1ccc(CNCCCC)c(-c2cc(C=C)ccc2CNC(C)CC)c1. The van der Waals surface area contributed by atoms with Crippen molar-refractivity contribution in [3.63, 3.8) is 0 Å². The number of unbranched alkanes of at least 4 members (excludes halogenated alkanes) is 1. The van der Waals surface area contributed by atoms with E-state index in [1.165, 1.54) is 35.1 Å². The van der Waals surface area contributed by atoms with E-state index in [0.717, 1.165) is 37.2 Å². The van der Waals surface area contributed by atoms with Crippen molar-refractivity contribution in [3.05, 3.63) is 71.8 Å². The van der Waals surface area contributed by atoms with Crippen molar-refractivity contribution in [2.45, 2.75) is 59.2 Å². The minimum absolute atomic E-state index is 0.502. The van der Waals surface area contributed by atoms with Crippen LogP contribution < -0.4 is 10.6 Å². The van der Waals surface area contributed by atoms with Gasteiger partial charge in [-0.05, 0) is 71.8 Å². The first kappa shape index (κ1) is 22.1. The molecule has 0 amide bonds. The predicted octanol–water partition coefficient (Wildman–Crippen LogP) is 6.42. The Morgan fingerprint density at radius 2 is 1.46 bits per heavy atom. The summed E-state index contributed by atoms with van der Waals surface area (Å²) in [7, 11) is 0. The largest absolute Gasteiger partial charge is 0.313 e. The van der Waals surface area contributed by atoms with Crippen LogP contribution in [0.5, 0.6) is 0 Å². The molecule has 1 unspecified atom stereocenters. The van der Waals surface area contributed by atoms with Gasteiger partial charge in [0.2, 0.25) is 0 Å². The van der Waals surface area contributed by atoms with Crippen LogP contribution in [0.1, 0.15) is 62.3 Å². The molecule has 2 aromatic carbocycles. The van der Waals surface area contributed by atoms with E-state index in [-0.39, 0.29) is 0 Å². The highest BCUT2D eigenvalue weighted by Crippen LogP contribution is 2.30. The summed E-state index contributed by atoms with van der Waals surface area (Å²) in [5, 5.41) is 7.24. The van der Waals surface area contributed by atoms with Crippen molar-refractivity contribution in [1.29, 1.82) is 0 Å². The van der Waals surface area contributed by atoms with Crippen molar-refractivity contribution < 1.29 is 0 Å². The molecule has 2 aromatic rings. The molecular weight excluding hydrogens is 340 g/mol. The van der Waals surface area contributed by atoms with Crippen LogP contribution in [0.15, 0.2) is 49.6 Å². The minimum Gasteiger partial charge on any atom is -0.313 e. The molecule has 28 heavy (non-hydrogen) atoms. The third-order valence-electron chi connectivity index (χ3n) is 5.31. The zero-order valence-corrected chi connectivity index (χ0v) is 17.9. The first-order valence-corrected chi connectivity index (χ1v) is 10.6. The van der Waals surface area contributed by atoms with E-state index in [2.05, 4.69) is 81.0 Å². The molecule has 1 atom stereocenters. The maximum atomic E-state index is 3.96. The highest BCUT2D eigenvalue weighted by atomic mass is 14.9. The van der Waals surface area contributed by atoms with Gasteiger partial charge in [0.1, 0.15) is 0 Å². The van der Waals surface area contributed by atoms with Crippen molar-refractivity contribution in [2.24, 2.45) is 0 Å². The average molecular weight is 377 g/mol. The van der Waals surface area contributed by atoms with Gasteiger partial charge in [0.15, 0.2) is 0 Å². The van der Waals surface area contributed by atoms with Crippen LogP contribution >= 0.6 is 0 Å². The quantitative estimate of drug-likeness (QED) is 0.418. The van der Waals surface area contributed by atoms with Crippen LogP contribution in [0.3, 0.4) is 0 Å². The summed E-state index contributed by atoms with van der Waals surface area (Å²) in [6, 6.07) is 13.8. The topological polar surface area (TPSA) is 24.1 Å². The molecule has 2 heteroatoms. The Morgan fingerprint density at radius 1 is 0.893 bits per heavy atom. The van der Waals surface area contributed by atoms with E-state index < -0.39 is 0 Å². The summed E-state index contributed by atoms with van der Waals surface area (Å²) in [6.07, 6.45) is 7.38. The molecular formula is C26H36N2. The second-order valence-electron chi connectivity index (χ2n) is 7.46. The molecule has 2 nitrogen and oxygen atoms in total. The second-order valence-corrected chi connectivity index (χ2v) is 7.46. The number of benzene rings is 2. The van der Waals surface area contributed by atoms with Gasteiger partial charge in [0.05, 0.1) is 0 Å². The zero-order chi connectivity index (χ0) is 20.4. The highest BCUT2D eigenvalue weighted by molar-refractivity contribution is 5.75. The lowest BCUT2D eigenvalue weighted by atomic mass is 9.91. The van der Waals surface area contributed by atoms with Crippen molar-refractivity contribution in [3.8, 4) is 11.1 Å². The van der Waals surface area contributed by atoms with Gasteiger partial charge < -0.3 is 10.6 Å². The summed E-state index contributed by atoms with van der Waals surface area (Å²) in [4.78, 5) is 0. The Hall–Kier alpha value is -2.16. The van der Waals surface area contributed by atoms with E-state index >= 15 is 0 Å². The normalized spacial score (nSPS) is 12.0. The molecule has 0 aliphatic carbocycles. The Balaban J connectivity index is 2.44. The molecule has 2 N–H and O–H groups in total. The van der Waals surface area contributed by atoms with Gasteiger partial charge in [0.25, 0.3) is 0 Å². The van der Waals surface area contributed by atoms with E-state index in [0.29, 0.717) is 6.04 Å². The summed E-state index contributed by atoms with van der Waals surface area (Å²) in [6.45, 7) is 17.4. The van der Waals surface area contributed by atoms with E-state index in [1.54, 1.807) is 0 Å². The van der Waals surface area contributed by atoms with Gasteiger partial charge in [-0.1, -0.05) is 69.8 Å². The molecule has 0 aliphatic heterocycles. The Bertz CT molecular complexity index is 776. The molecule has 2 rings (SSSR count). The van der Waals surface area contributed by atoms with Crippen molar-refractivity contribution in [1.82, 2.24) is 10.6 Å². The third kappa shape index (κ3) is 6.19. The predicted molar refractivity (Wildman–Crippen MR) is 125 cm³/mol. The number of rotatable bonds is 12. The van der Waals surface area contributed by atoms with Gasteiger partial charge in [0, 0.05) is 19.1 Å². The molecule has 0 spiro atoms. The summed E-state index contributed by atoms with van der Waals surface area (Å²) in [5.74, 6) is 0. The van der Waals surface area contributed by atoms with Gasteiger partial charge >= 0.3 is 0 Å². The van der Waals surface area contributed by atoms with Gasteiger partial charge in [-0.3, -0.25) is 0 Å². The zero-order valence-electron chi connectivity index (χ0n) is 17.9. The van der Waals surface area contributed by atoms with Crippen LogP contribution in [0.4, 0.5) is 0 Å². The van der Waals surface area contributed by atoms with Crippen LogP contribution in [-0.2, 0) is 13.1 Å². The Kier molecular flexibility index (Phi) is 9.19. The third-order valence-corrected chi connectivity index (χ3v) is 5.31. The second kappa shape index (κ2) is 11.6. The summed E-state index contributed by atoms with van der Waals surface area (Å²) in [5.41, 5.74) is 7.51. The number of nitrogens with one attached hydrogen (secondary N) is 2. The molecule has 0 fully saturated rings. The minimum atomic E-state index is 0.502. The summed E-state index contributed by atoms with van der Waals surface area (Å²) < 4.78 is 0. The van der Waals surface area contributed by atoms with Crippen LogP contribution in [-0.4, -0.2) is 12.6 Å². The fourth-order valence-electron chi connectivity index (χ4n) is 3.21. The lowest BCUT2D eigenvalue weighted by Gasteiger charge is -2.18. The highest BCUT2D eigenvalue weighted by Gasteiger charge is 2.12. The van der Waals surface area contributed by atoms with Gasteiger partial charge in [-0.15, -0.1) is 0 Å². The van der Waals surface area contributed by atoms with E-state index in [9.17, 15) is 0 Å². The van der Waals surface area contributed by atoms with E-state index in [4.69, 9.17) is 0 Å². The lowest BCUT2D eigenvalue weighted by Crippen LogP contribution is -2.24. The number of hydrogen-bond acceptors (Lipinski definition) is 2. The Morgan fingerprint density at radius 3 is 1.96 bits per heavy atom. The van der Waals surface area contributed by atoms with Crippen molar-refractivity contribution in [2.75, 3.05) is 6.54 Å². The molecule has 0 bridgehead atoms. The standard InChI is InChI=1S/C26H36N2/c1-6-10-15-27-18-23-13-11-21(8-3)16-25(23)26-17-22(9-4)12-14-24(26)19-28-20(5)7-2/h8-9,11-14,16-17,20,27-28H,3-4,6-7,10,15,18-19H2,1-2,5H3. The average Bonchev–Trinajstić information content (AvgIpc) is 2.74. The maximum Gasteiger partial charge on any atom is 0.0214 e. The molecule has 150 valence electrons. The monoisotopic (exact) mass is 376 g/mol. The molecule has 0 radical (unpaired) electrons. The number of hydrogen-bond donors (Lipinski definition) is 2. The first-order chi connectivity index (χ1) is 13.6. The smallest absolute Gasteiger partial charge is 0.0214 e.